The van der Waals surface area contributed by atoms with Gasteiger partial charge in [-0.25, -0.2) is 19.1 Å². The fourth-order valence-corrected chi connectivity index (χ4v) is 6.11. The number of carbonyl (C=O) groups is 4. The number of halogens is 1. The number of Topliss-reactive ketones (excluding diaryl/α,β-unsaturated/α-hetero) is 1. The molecule has 5 rings (SSSR count). The number of aromatic nitrogens is 1. The SMILES string of the molecule is CC(C)c1ccc(-c2c(C#N)c(N)nc(SC3CC(=O)N(c4ccc(C(=O)OCC(=O)c5ccc(F)cc5)cc4)C3=O)c2C#N)cc1. The number of ether oxygens (including phenoxy) is 1. The quantitative estimate of drug-likeness (QED) is 0.133. The predicted octanol–water partition coefficient (Wildman–Crippen LogP) is 5.80. The lowest BCUT2D eigenvalue weighted by Gasteiger charge is -2.17. The zero-order valence-corrected chi connectivity index (χ0v) is 26.0. The lowest BCUT2D eigenvalue weighted by Crippen LogP contribution is -2.31. The van der Waals surface area contributed by atoms with Crippen LogP contribution >= 0.6 is 11.8 Å². The minimum atomic E-state index is -0.937. The molecule has 47 heavy (non-hydrogen) atoms. The maximum Gasteiger partial charge on any atom is 0.338 e. The predicted molar refractivity (Wildman–Crippen MR) is 172 cm³/mol. The second-order valence-electron chi connectivity index (χ2n) is 10.9. The van der Waals surface area contributed by atoms with Gasteiger partial charge in [-0.15, -0.1) is 0 Å². The maximum absolute atomic E-state index is 13.5. The second kappa shape index (κ2) is 13.6. The average molecular weight is 648 g/mol. The van der Waals surface area contributed by atoms with Crippen molar-refractivity contribution in [1.29, 1.82) is 10.5 Å². The van der Waals surface area contributed by atoms with Gasteiger partial charge in [0.05, 0.1) is 22.1 Å². The summed E-state index contributed by atoms with van der Waals surface area (Å²) in [7, 11) is 0. The number of ketones is 1. The van der Waals surface area contributed by atoms with Crippen molar-refractivity contribution in [3.05, 3.63) is 106 Å². The number of esters is 1. The topological polar surface area (TPSA) is 167 Å². The van der Waals surface area contributed by atoms with Crippen molar-refractivity contribution < 1.29 is 28.3 Å². The van der Waals surface area contributed by atoms with E-state index in [1.54, 1.807) is 12.1 Å². The maximum atomic E-state index is 13.5. The van der Waals surface area contributed by atoms with Crippen LogP contribution in [0.15, 0.2) is 77.8 Å². The van der Waals surface area contributed by atoms with E-state index in [1.165, 1.54) is 36.4 Å². The van der Waals surface area contributed by atoms with Gasteiger partial charge in [-0.05, 0) is 65.6 Å². The van der Waals surface area contributed by atoms with Crippen molar-refractivity contribution >= 4 is 46.8 Å². The summed E-state index contributed by atoms with van der Waals surface area (Å²) in [5.41, 5.74) is 8.69. The smallest absolute Gasteiger partial charge is 0.338 e. The van der Waals surface area contributed by atoms with Gasteiger partial charge in [0.2, 0.25) is 11.8 Å². The van der Waals surface area contributed by atoms with Gasteiger partial charge in [-0.1, -0.05) is 49.9 Å². The van der Waals surface area contributed by atoms with Crippen molar-refractivity contribution in [3.8, 4) is 23.3 Å². The van der Waals surface area contributed by atoms with E-state index >= 15 is 0 Å². The summed E-state index contributed by atoms with van der Waals surface area (Å²) >= 11 is 0.917. The molecule has 0 radical (unpaired) electrons. The summed E-state index contributed by atoms with van der Waals surface area (Å²) in [6, 6.07) is 21.9. The number of anilines is 2. The van der Waals surface area contributed by atoms with Gasteiger partial charge in [0.25, 0.3) is 0 Å². The molecule has 1 aliphatic rings. The number of nitriles is 2. The Morgan fingerprint density at radius 1 is 0.979 bits per heavy atom. The molecular weight excluding hydrogens is 621 g/mol. The standard InChI is InChI=1S/C35H26FN5O5S/c1-19(2)20-3-5-22(6-4-20)31-26(16-37)32(39)40-33(27(31)17-38)47-29-15-30(43)41(34(29)44)25-13-9-23(10-14-25)35(45)46-18-28(42)21-7-11-24(36)12-8-21/h3-14,19,29H,15,18H2,1-2H3,(H2,39,40). The molecule has 2 heterocycles. The molecule has 4 aromatic rings. The van der Waals surface area contributed by atoms with Crippen LogP contribution in [-0.2, 0) is 14.3 Å². The van der Waals surface area contributed by atoms with Gasteiger partial charge in [-0.2, -0.15) is 10.5 Å². The lowest BCUT2D eigenvalue weighted by molar-refractivity contribution is -0.121. The third-order valence-corrected chi connectivity index (χ3v) is 8.67. The van der Waals surface area contributed by atoms with E-state index in [9.17, 15) is 34.1 Å². The Hall–Kier alpha value is -5.85. The highest BCUT2D eigenvalue weighted by Gasteiger charge is 2.41. The summed E-state index contributed by atoms with van der Waals surface area (Å²) in [6.07, 6.45) is -0.191. The fraction of sp³-hybridized carbons (Fsp3) is 0.171. The number of nitrogens with zero attached hydrogens (tertiary/aromatic N) is 4. The number of pyridine rings is 1. The van der Waals surface area contributed by atoms with Crippen LogP contribution in [0.2, 0.25) is 0 Å². The summed E-state index contributed by atoms with van der Waals surface area (Å²) in [4.78, 5) is 56.5. The molecule has 1 aliphatic heterocycles. The average Bonchev–Trinajstić information content (AvgIpc) is 3.35. The lowest BCUT2D eigenvalue weighted by atomic mass is 9.94. The Morgan fingerprint density at radius 3 is 2.19 bits per heavy atom. The van der Waals surface area contributed by atoms with Crippen LogP contribution < -0.4 is 10.6 Å². The van der Waals surface area contributed by atoms with Crippen molar-refractivity contribution in [2.45, 2.75) is 36.5 Å². The number of nitrogens with two attached hydrogens (primary N) is 1. The molecular formula is C35H26FN5O5S. The molecule has 1 unspecified atom stereocenters. The second-order valence-corrected chi connectivity index (χ2v) is 12.1. The highest BCUT2D eigenvalue weighted by atomic mass is 32.2. The Labute approximate surface area is 273 Å². The molecule has 0 saturated carbocycles. The molecule has 1 saturated heterocycles. The molecule has 3 aromatic carbocycles. The molecule has 1 atom stereocenters. The van der Waals surface area contributed by atoms with Gasteiger partial charge >= 0.3 is 5.97 Å². The van der Waals surface area contributed by atoms with Gasteiger partial charge in [0.15, 0.2) is 12.4 Å². The fourth-order valence-electron chi connectivity index (χ4n) is 4.99. The molecule has 1 fully saturated rings. The van der Waals surface area contributed by atoms with Crippen LogP contribution in [0.25, 0.3) is 11.1 Å². The van der Waals surface area contributed by atoms with E-state index in [4.69, 9.17) is 10.5 Å². The number of rotatable bonds is 9. The number of nitrogen functional groups attached to an aromatic ring is 1. The summed E-state index contributed by atoms with van der Waals surface area (Å²) in [5, 5.41) is 19.2. The Morgan fingerprint density at radius 2 is 1.60 bits per heavy atom. The van der Waals surface area contributed by atoms with Crippen LogP contribution in [0.3, 0.4) is 0 Å². The monoisotopic (exact) mass is 647 g/mol. The van der Waals surface area contributed by atoms with Gasteiger partial charge in [0.1, 0.15) is 34.4 Å². The highest BCUT2D eigenvalue weighted by molar-refractivity contribution is 8.00. The van der Waals surface area contributed by atoms with Crippen LogP contribution in [0.5, 0.6) is 0 Å². The van der Waals surface area contributed by atoms with E-state index in [0.717, 1.165) is 34.4 Å². The molecule has 2 amide bonds. The van der Waals surface area contributed by atoms with Crippen LogP contribution in [0.4, 0.5) is 15.9 Å². The number of benzene rings is 3. The zero-order valence-electron chi connectivity index (χ0n) is 25.2. The van der Waals surface area contributed by atoms with Gasteiger partial charge < -0.3 is 10.5 Å². The number of imide groups is 1. The Balaban J connectivity index is 1.32. The first-order valence-electron chi connectivity index (χ1n) is 14.4. The number of amides is 2. The van der Waals surface area contributed by atoms with Crippen molar-refractivity contribution in [1.82, 2.24) is 4.98 Å². The van der Waals surface area contributed by atoms with Crippen molar-refractivity contribution in [2.75, 3.05) is 17.2 Å². The van der Waals surface area contributed by atoms with Gasteiger partial charge in [0, 0.05) is 17.5 Å². The van der Waals surface area contributed by atoms with Crippen molar-refractivity contribution in [3.63, 3.8) is 0 Å². The number of thioether (sulfide) groups is 1. The molecule has 10 nitrogen and oxygen atoms in total. The van der Waals surface area contributed by atoms with Crippen LogP contribution in [-0.4, -0.2) is 40.4 Å². The third-order valence-electron chi connectivity index (χ3n) is 7.50. The summed E-state index contributed by atoms with van der Waals surface area (Å²) in [6.45, 7) is 3.53. The minimum absolute atomic E-state index is 0.0390. The van der Waals surface area contributed by atoms with E-state index in [1.807, 2.05) is 32.0 Å². The minimum Gasteiger partial charge on any atom is -0.454 e. The molecule has 0 aliphatic carbocycles. The van der Waals surface area contributed by atoms with E-state index in [-0.39, 0.29) is 51.1 Å². The summed E-state index contributed by atoms with van der Waals surface area (Å²) < 4.78 is 18.2. The van der Waals surface area contributed by atoms with Gasteiger partial charge in [-0.3, -0.25) is 14.4 Å². The van der Waals surface area contributed by atoms with Crippen LogP contribution in [0.1, 0.15) is 63.6 Å². The number of hydrogen-bond donors (Lipinski definition) is 1. The number of carbonyl (C=O) groups excluding carboxylic acids is 4. The molecule has 0 spiro atoms. The molecule has 234 valence electrons. The Bertz CT molecular complexity index is 1980. The zero-order chi connectivity index (χ0) is 33.8. The molecule has 0 bridgehead atoms. The Kier molecular flexibility index (Phi) is 9.45. The van der Waals surface area contributed by atoms with E-state index in [2.05, 4.69) is 11.1 Å². The highest BCUT2D eigenvalue weighted by Crippen LogP contribution is 2.40. The number of hydrogen-bond acceptors (Lipinski definition) is 10. The van der Waals surface area contributed by atoms with E-state index < -0.39 is 41.2 Å². The largest absolute Gasteiger partial charge is 0.454 e. The van der Waals surface area contributed by atoms with Crippen molar-refractivity contribution in [2.24, 2.45) is 0 Å². The van der Waals surface area contributed by atoms with E-state index in [0.29, 0.717) is 11.1 Å². The normalized spacial score (nSPS) is 14.2. The first kappa shape index (κ1) is 32.5. The molecule has 1 aromatic heterocycles. The molecule has 12 heteroatoms. The molecule has 2 N–H and O–H groups in total. The summed E-state index contributed by atoms with van der Waals surface area (Å²) in [5.74, 6) is -2.71. The first-order valence-corrected chi connectivity index (χ1v) is 15.2. The third kappa shape index (κ3) is 6.73. The first-order chi connectivity index (χ1) is 22.5. The van der Waals surface area contributed by atoms with Crippen LogP contribution in [0, 0.1) is 28.5 Å².